The Labute approximate surface area is 158 Å². The zero-order valence-electron chi connectivity index (χ0n) is 15.7. The van der Waals surface area contributed by atoms with E-state index in [1.807, 2.05) is 0 Å². The number of likely N-dealkylation sites (N-methyl/N-ethyl adjacent to an activating group) is 1. The van der Waals surface area contributed by atoms with Crippen molar-refractivity contribution in [3.63, 3.8) is 0 Å². The fraction of sp³-hybridized carbons (Fsp3) is 0.500. The van der Waals surface area contributed by atoms with Crippen LogP contribution < -0.4 is 0 Å². The number of imide groups is 1. The third kappa shape index (κ3) is 3.72. The number of amides is 3. The van der Waals surface area contributed by atoms with E-state index in [2.05, 4.69) is 0 Å². The van der Waals surface area contributed by atoms with Gasteiger partial charge < -0.3 is 9.64 Å². The maximum absolute atomic E-state index is 12.8. The van der Waals surface area contributed by atoms with Crippen molar-refractivity contribution in [2.24, 2.45) is 0 Å². The molecule has 1 aliphatic heterocycles. The van der Waals surface area contributed by atoms with Gasteiger partial charge in [-0.25, -0.2) is 0 Å². The van der Waals surface area contributed by atoms with Crippen LogP contribution in [0.5, 0.6) is 0 Å². The first kappa shape index (κ1) is 19.1. The van der Waals surface area contributed by atoms with Crippen LogP contribution >= 0.6 is 0 Å². The van der Waals surface area contributed by atoms with Gasteiger partial charge in [-0.3, -0.25) is 24.1 Å². The average Bonchev–Trinajstić information content (AvgIpc) is 2.92. The van der Waals surface area contributed by atoms with Gasteiger partial charge in [-0.15, -0.1) is 0 Å². The molecule has 1 aromatic carbocycles. The smallest absolute Gasteiger partial charge is 0.325 e. The number of carbonyl (C=O) groups is 4. The Morgan fingerprint density at radius 3 is 2.44 bits per heavy atom. The van der Waals surface area contributed by atoms with Crippen molar-refractivity contribution >= 4 is 23.7 Å². The number of rotatable bonds is 5. The number of fused-ring (bicyclic) bond motifs is 1. The van der Waals surface area contributed by atoms with Crippen LogP contribution in [0.2, 0.25) is 0 Å². The van der Waals surface area contributed by atoms with Gasteiger partial charge in [0.15, 0.2) is 0 Å². The zero-order valence-corrected chi connectivity index (χ0v) is 15.7. The second-order valence-corrected chi connectivity index (χ2v) is 7.00. The molecule has 3 amide bonds. The molecule has 27 heavy (non-hydrogen) atoms. The Bertz CT molecular complexity index is 783. The van der Waals surface area contributed by atoms with E-state index in [0.717, 1.165) is 32.1 Å². The molecule has 1 saturated carbocycles. The molecular formula is C20H24N2O5. The molecule has 2 aliphatic rings. The van der Waals surface area contributed by atoms with Crippen molar-refractivity contribution in [2.45, 2.75) is 45.1 Å². The van der Waals surface area contributed by atoms with Crippen molar-refractivity contribution in [1.29, 1.82) is 0 Å². The van der Waals surface area contributed by atoms with Gasteiger partial charge in [-0.2, -0.15) is 0 Å². The molecule has 1 aromatic rings. The topological polar surface area (TPSA) is 84.0 Å². The predicted molar refractivity (Wildman–Crippen MR) is 97.4 cm³/mol. The molecule has 1 fully saturated rings. The molecule has 3 rings (SSSR count). The summed E-state index contributed by atoms with van der Waals surface area (Å²) in [4.78, 5) is 52.2. The Balaban J connectivity index is 1.79. The molecule has 7 heteroatoms. The van der Waals surface area contributed by atoms with Crippen molar-refractivity contribution in [3.8, 4) is 0 Å². The quantitative estimate of drug-likeness (QED) is 0.585. The van der Waals surface area contributed by atoms with E-state index in [-0.39, 0.29) is 42.1 Å². The third-order valence-corrected chi connectivity index (χ3v) is 5.12. The number of hydrogen-bond donors (Lipinski definition) is 0. The van der Waals surface area contributed by atoms with Gasteiger partial charge in [0, 0.05) is 18.7 Å². The molecule has 0 atom stereocenters. The summed E-state index contributed by atoms with van der Waals surface area (Å²) in [5, 5.41) is 0. The lowest BCUT2D eigenvalue weighted by atomic mass is 9.94. The molecule has 1 heterocycles. The second kappa shape index (κ2) is 7.90. The minimum atomic E-state index is -0.496. The van der Waals surface area contributed by atoms with E-state index in [1.54, 1.807) is 6.92 Å². The summed E-state index contributed by atoms with van der Waals surface area (Å²) in [7, 11) is 1.49. The first-order chi connectivity index (χ1) is 12.9. The highest BCUT2D eigenvalue weighted by Gasteiger charge is 2.40. The normalized spacial score (nSPS) is 17.0. The molecule has 144 valence electrons. The SMILES string of the molecule is CCOC(=O)CN(C)C(=O)c1ccc2c(c1)C(=O)N(C1CCCCC1)C2=O. The molecule has 1 aliphatic carbocycles. The van der Waals surface area contributed by atoms with Gasteiger partial charge in [-0.1, -0.05) is 19.3 Å². The number of esters is 1. The zero-order chi connectivity index (χ0) is 19.6. The Morgan fingerprint density at radius 1 is 1.11 bits per heavy atom. The van der Waals surface area contributed by atoms with Gasteiger partial charge >= 0.3 is 5.97 Å². The number of nitrogens with zero attached hydrogens (tertiary/aromatic N) is 2. The summed E-state index contributed by atoms with van der Waals surface area (Å²) in [6, 6.07) is 4.46. The fourth-order valence-corrected chi connectivity index (χ4v) is 3.76. The lowest BCUT2D eigenvalue weighted by Gasteiger charge is -2.29. The molecule has 0 bridgehead atoms. The Hall–Kier alpha value is -2.70. The average molecular weight is 372 g/mol. The summed E-state index contributed by atoms with van der Waals surface area (Å²) in [6.07, 6.45) is 4.82. The number of hydrogen-bond acceptors (Lipinski definition) is 5. The standard InChI is InChI=1S/C20H24N2O5/c1-3-27-17(23)12-21(2)18(24)13-9-10-15-16(11-13)20(26)22(19(15)25)14-7-5-4-6-8-14/h9-11,14H,3-8,12H2,1-2H3. The molecule has 0 radical (unpaired) electrons. The highest BCUT2D eigenvalue weighted by Crippen LogP contribution is 2.31. The Morgan fingerprint density at radius 2 is 1.78 bits per heavy atom. The minimum absolute atomic E-state index is 0.0585. The van der Waals surface area contributed by atoms with Crippen molar-refractivity contribution in [3.05, 3.63) is 34.9 Å². The lowest BCUT2D eigenvalue weighted by Crippen LogP contribution is -2.40. The summed E-state index contributed by atoms with van der Waals surface area (Å²) < 4.78 is 4.85. The van der Waals surface area contributed by atoms with Crippen LogP contribution in [0.15, 0.2) is 18.2 Å². The van der Waals surface area contributed by atoms with E-state index in [1.165, 1.54) is 35.0 Å². The maximum Gasteiger partial charge on any atom is 0.325 e. The van der Waals surface area contributed by atoms with Crippen LogP contribution in [0.1, 0.15) is 70.1 Å². The van der Waals surface area contributed by atoms with Crippen molar-refractivity contribution in [1.82, 2.24) is 9.80 Å². The molecule has 0 unspecified atom stereocenters. The highest BCUT2D eigenvalue weighted by molar-refractivity contribution is 6.22. The molecule has 0 spiro atoms. The van der Waals surface area contributed by atoms with Gasteiger partial charge in [0.05, 0.1) is 17.7 Å². The van der Waals surface area contributed by atoms with Crippen LogP contribution in [-0.2, 0) is 9.53 Å². The van der Waals surface area contributed by atoms with Crippen molar-refractivity contribution < 1.29 is 23.9 Å². The van der Waals surface area contributed by atoms with Crippen LogP contribution in [0.4, 0.5) is 0 Å². The molecule has 7 nitrogen and oxygen atoms in total. The van der Waals surface area contributed by atoms with E-state index in [9.17, 15) is 19.2 Å². The molecule has 0 N–H and O–H groups in total. The highest BCUT2D eigenvalue weighted by atomic mass is 16.5. The van der Waals surface area contributed by atoms with E-state index in [0.29, 0.717) is 5.56 Å². The molecule has 0 saturated heterocycles. The van der Waals surface area contributed by atoms with Gasteiger partial charge in [0.25, 0.3) is 17.7 Å². The monoisotopic (exact) mass is 372 g/mol. The summed E-state index contributed by atoms with van der Waals surface area (Å²) >= 11 is 0. The lowest BCUT2D eigenvalue weighted by molar-refractivity contribution is -0.143. The summed E-state index contributed by atoms with van der Waals surface area (Å²) in [5.41, 5.74) is 0.878. The summed E-state index contributed by atoms with van der Waals surface area (Å²) in [5.74, 6) is -1.50. The molecule has 0 aromatic heterocycles. The van der Waals surface area contributed by atoms with Crippen LogP contribution in [0, 0.1) is 0 Å². The first-order valence-corrected chi connectivity index (χ1v) is 9.37. The van der Waals surface area contributed by atoms with Gasteiger partial charge in [0.1, 0.15) is 6.54 Å². The second-order valence-electron chi connectivity index (χ2n) is 7.00. The van der Waals surface area contributed by atoms with Gasteiger partial charge in [0.2, 0.25) is 0 Å². The van der Waals surface area contributed by atoms with Gasteiger partial charge in [-0.05, 0) is 38.0 Å². The maximum atomic E-state index is 12.8. The van der Waals surface area contributed by atoms with E-state index in [4.69, 9.17) is 4.74 Å². The fourth-order valence-electron chi connectivity index (χ4n) is 3.76. The first-order valence-electron chi connectivity index (χ1n) is 9.37. The minimum Gasteiger partial charge on any atom is -0.465 e. The Kier molecular flexibility index (Phi) is 5.58. The van der Waals surface area contributed by atoms with Crippen LogP contribution in [-0.4, -0.2) is 59.7 Å². The number of ether oxygens (including phenoxy) is 1. The third-order valence-electron chi connectivity index (χ3n) is 5.12. The van der Waals surface area contributed by atoms with Crippen LogP contribution in [0.3, 0.4) is 0 Å². The predicted octanol–water partition coefficient (Wildman–Crippen LogP) is 2.25. The van der Waals surface area contributed by atoms with Crippen LogP contribution in [0.25, 0.3) is 0 Å². The largest absolute Gasteiger partial charge is 0.465 e. The van der Waals surface area contributed by atoms with E-state index < -0.39 is 11.9 Å². The molecular weight excluding hydrogens is 348 g/mol. The van der Waals surface area contributed by atoms with Crippen molar-refractivity contribution in [2.75, 3.05) is 20.2 Å². The summed E-state index contributed by atoms with van der Waals surface area (Å²) in [6.45, 7) is 1.76. The number of benzene rings is 1. The van der Waals surface area contributed by atoms with E-state index >= 15 is 0 Å². The number of carbonyl (C=O) groups excluding carboxylic acids is 4.